The molecular weight excluding hydrogens is 267 g/mol. The molecule has 0 heterocycles. The quantitative estimate of drug-likeness (QED) is 0.323. The molecule has 0 saturated carbocycles. The topological polar surface area (TPSA) is 18.5 Å². The summed E-state index contributed by atoms with van der Waals surface area (Å²) < 4.78 is 11.6. The first-order chi connectivity index (χ1) is 5.70. The minimum Gasteiger partial charge on any atom is -0.352 e. The molecule has 0 aromatic rings. The Balaban J connectivity index is 3.51. The average molecular weight is 284 g/mol. The standard InChI is InChI=1S/C9H17IO2/c1-4-11-9(7-10)12-6-5-8(2)3/h5,9H,4,6-7H2,1-3H3. The molecule has 2 nitrogen and oxygen atoms in total. The molecule has 72 valence electrons. The van der Waals surface area contributed by atoms with Crippen molar-refractivity contribution >= 4 is 22.6 Å². The van der Waals surface area contributed by atoms with Gasteiger partial charge in [0.1, 0.15) is 0 Å². The predicted octanol–water partition coefficient (Wildman–Crippen LogP) is 2.77. The minimum absolute atomic E-state index is 0.0498. The SMILES string of the molecule is CCOC(CI)OCC=C(C)C. The van der Waals surface area contributed by atoms with Crippen LogP contribution in [-0.2, 0) is 9.47 Å². The zero-order chi connectivity index (χ0) is 9.40. The van der Waals surface area contributed by atoms with Gasteiger partial charge in [0.15, 0.2) is 6.29 Å². The molecular formula is C9H17IO2. The Morgan fingerprint density at radius 1 is 1.42 bits per heavy atom. The largest absolute Gasteiger partial charge is 0.352 e. The van der Waals surface area contributed by atoms with E-state index in [1.807, 2.05) is 6.92 Å². The van der Waals surface area contributed by atoms with E-state index in [2.05, 4.69) is 42.5 Å². The zero-order valence-corrected chi connectivity index (χ0v) is 10.1. The van der Waals surface area contributed by atoms with E-state index >= 15 is 0 Å². The summed E-state index contributed by atoms with van der Waals surface area (Å²) in [6.45, 7) is 7.45. The van der Waals surface area contributed by atoms with Gasteiger partial charge in [0.2, 0.25) is 0 Å². The fourth-order valence-corrected chi connectivity index (χ4v) is 1.15. The molecule has 0 N–H and O–H groups in total. The highest BCUT2D eigenvalue weighted by Gasteiger charge is 2.03. The van der Waals surface area contributed by atoms with Crippen LogP contribution in [0.15, 0.2) is 11.6 Å². The van der Waals surface area contributed by atoms with Gasteiger partial charge in [-0.3, -0.25) is 0 Å². The van der Waals surface area contributed by atoms with Crippen molar-refractivity contribution in [1.29, 1.82) is 0 Å². The molecule has 0 amide bonds. The van der Waals surface area contributed by atoms with Crippen molar-refractivity contribution in [3.05, 3.63) is 11.6 Å². The summed E-state index contributed by atoms with van der Waals surface area (Å²) in [5, 5.41) is 0. The Kier molecular flexibility index (Phi) is 8.27. The van der Waals surface area contributed by atoms with Crippen molar-refractivity contribution in [1.82, 2.24) is 0 Å². The Bertz CT molecular complexity index is 130. The number of hydrogen-bond donors (Lipinski definition) is 0. The average Bonchev–Trinajstić information content (AvgIpc) is 2.02. The van der Waals surface area contributed by atoms with E-state index in [9.17, 15) is 0 Å². The summed E-state index contributed by atoms with van der Waals surface area (Å²) in [4.78, 5) is 0. The molecule has 0 fully saturated rings. The second kappa shape index (κ2) is 8.01. The molecule has 0 aromatic carbocycles. The van der Waals surface area contributed by atoms with E-state index < -0.39 is 0 Å². The molecule has 0 aliphatic rings. The monoisotopic (exact) mass is 284 g/mol. The van der Waals surface area contributed by atoms with Gasteiger partial charge in [0, 0.05) is 6.61 Å². The Morgan fingerprint density at radius 2 is 2.08 bits per heavy atom. The van der Waals surface area contributed by atoms with Gasteiger partial charge in [0.25, 0.3) is 0 Å². The van der Waals surface area contributed by atoms with Crippen molar-refractivity contribution in [2.24, 2.45) is 0 Å². The number of hydrogen-bond acceptors (Lipinski definition) is 2. The second-order valence-corrected chi connectivity index (χ2v) is 3.53. The normalized spacial score (nSPS) is 12.7. The lowest BCUT2D eigenvalue weighted by Gasteiger charge is -2.13. The van der Waals surface area contributed by atoms with Crippen LogP contribution in [0.3, 0.4) is 0 Å². The highest BCUT2D eigenvalue weighted by molar-refractivity contribution is 14.1. The molecule has 0 aromatic heterocycles. The maximum Gasteiger partial charge on any atom is 0.166 e. The molecule has 0 spiro atoms. The van der Waals surface area contributed by atoms with Crippen molar-refractivity contribution in [2.75, 3.05) is 17.6 Å². The summed E-state index contributed by atoms with van der Waals surface area (Å²) in [6.07, 6.45) is 2.00. The summed E-state index contributed by atoms with van der Waals surface area (Å²) in [7, 11) is 0. The van der Waals surface area contributed by atoms with Gasteiger partial charge in [-0.25, -0.2) is 0 Å². The third-order valence-electron chi connectivity index (χ3n) is 1.25. The smallest absolute Gasteiger partial charge is 0.166 e. The molecule has 12 heavy (non-hydrogen) atoms. The number of alkyl halides is 1. The fraction of sp³-hybridized carbons (Fsp3) is 0.778. The van der Waals surface area contributed by atoms with Gasteiger partial charge in [-0.15, -0.1) is 0 Å². The van der Waals surface area contributed by atoms with Crippen LogP contribution in [-0.4, -0.2) is 23.9 Å². The van der Waals surface area contributed by atoms with E-state index in [1.54, 1.807) is 0 Å². The summed E-state index contributed by atoms with van der Waals surface area (Å²) in [5.41, 5.74) is 1.28. The lowest BCUT2D eigenvalue weighted by molar-refractivity contribution is -0.113. The van der Waals surface area contributed by atoms with Crippen LogP contribution in [0, 0.1) is 0 Å². The van der Waals surface area contributed by atoms with Gasteiger partial charge in [-0.2, -0.15) is 0 Å². The molecule has 0 aliphatic heterocycles. The molecule has 0 rings (SSSR count). The van der Waals surface area contributed by atoms with E-state index in [0.29, 0.717) is 13.2 Å². The van der Waals surface area contributed by atoms with E-state index in [0.717, 1.165) is 4.43 Å². The molecule has 0 bridgehead atoms. The van der Waals surface area contributed by atoms with Crippen LogP contribution in [0.1, 0.15) is 20.8 Å². The molecule has 0 aliphatic carbocycles. The van der Waals surface area contributed by atoms with E-state index in [1.165, 1.54) is 5.57 Å². The van der Waals surface area contributed by atoms with E-state index in [-0.39, 0.29) is 6.29 Å². The van der Waals surface area contributed by atoms with Crippen LogP contribution < -0.4 is 0 Å². The highest BCUT2D eigenvalue weighted by Crippen LogP contribution is 2.00. The van der Waals surface area contributed by atoms with Gasteiger partial charge in [-0.05, 0) is 20.8 Å². The van der Waals surface area contributed by atoms with Crippen LogP contribution in [0.25, 0.3) is 0 Å². The lowest BCUT2D eigenvalue weighted by atomic mass is 10.3. The van der Waals surface area contributed by atoms with Crippen LogP contribution in [0.4, 0.5) is 0 Å². The second-order valence-electron chi connectivity index (χ2n) is 2.65. The van der Waals surface area contributed by atoms with Gasteiger partial charge >= 0.3 is 0 Å². The Hall–Kier alpha value is 0.390. The molecule has 1 atom stereocenters. The fourth-order valence-electron chi connectivity index (χ4n) is 0.645. The molecule has 1 unspecified atom stereocenters. The number of halogens is 1. The summed E-state index contributed by atoms with van der Waals surface area (Å²) >= 11 is 2.26. The summed E-state index contributed by atoms with van der Waals surface area (Å²) in [6, 6.07) is 0. The predicted molar refractivity (Wildman–Crippen MR) is 59.7 cm³/mol. The van der Waals surface area contributed by atoms with Crippen molar-refractivity contribution in [3.63, 3.8) is 0 Å². The molecule has 3 heteroatoms. The first-order valence-corrected chi connectivity index (χ1v) is 5.65. The van der Waals surface area contributed by atoms with Crippen molar-refractivity contribution in [3.8, 4) is 0 Å². The van der Waals surface area contributed by atoms with Gasteiger partial charge in [-0.1, -0.05) is 34.2 Å². The van der Waals surface area contributed by atoms with E-state index in [4.69, 9.17) is 9.47 Å². The van der Waals surface area contributed by atoms with Gasteiger partial charge in [0.05, 0.1) is 11.0 Å². The summed E-state index contributed by atoms with van der Waals surface area (Å²) in [5.74, 6) is 0. The number of rotatable bonds is 6. The van der Waals surface area contributed by atoms with Gasteiger partial charge < -0.3 is 9.47 Å². The third kappa shape index (κ3) is 7.06. The first-order valence-electron chi connectivity index (χ1n) is 4.13. The van der Waals surface area contributed by atoms with Crippen molar-refractivity contribution in [2.45, 2.75) is 27.1 Å². The Morgan fingerprint density at radius 3 is 2.50 bits per heavy atom. The number of allylic oxidation sites excluding steroid dienone is 1. The lowest BCUT2D eigenvalue weighted by Crippen LogP contribution is -2.18. The maximum atomic E-state index is 5.44. The highest BCUT2D eigenvalue weighted by atomic mass is 127. The molecule has 0 saturated heterocycles. The van der Waals surface area contributed by atoms with Crippen molar-refractivity contribution < 1.29 is 9.47 Å². The van der Waals surface area contributed by atoms with Crippen LogP contribution in [0.5, 0.6) is 0 Å². The zero-order valence-electron chi connectivity index (χ0n) is 7.97. The van der Waals surface area contributed by atoms with Crippen LogP contribution >= 0.6 is 22.6 Å². The Labute approximate surface area is 88.5 Å². The molecule has 0 radical (unpaired) electrons. The van der Waals surface area contributed by atoms with Crippen LogP contribution in [0.2, 0.25) is 0 Å². The number of ether oxygens (including phenoxy) is 2. The first kappa shape index (κ1) is 12.4. The minimum atomic E-state index is -0.0498. The third-order valence-corrected chi connectivity index (χ3v) is 1.97. The maximum absolute atomic E-state index is 5.44.